The number of anilines is 1. The van der Waals surface area contributed by atoms with Crippen molar-refractivity contribution in [1.29, 1.82) is 0 Å². The van der Waals surface area contributed by atoms with E-state index in [2.05, 4.69) is 10.6 Å². The molecule has 0 aliphatic carbocycles. The van der Waals surface area contributed by atoms with Crippen molar-refractivity contribution >= 4 is 44.8 Å². The van der Waals surface area contributed by atoms with Crippen LogP contribution in [0.25, 0.3) is 0 Å². The largest absolute Gasteiger partial charge is 0.506 e. The van der Waals surface area contributed by atoms with Gasteiger partial charge in [-0.1, -0.05) is 36.2 Å². The fraction of sp³-hybridized carbons (Fsp3) is 0.235. The summed E-state index contributed by atoms with van der Waals surface area (Å²) >= 11 is 12.0. The van der Waals surface area contributed by atoms with Gasteiger partial charge in [-0.15, -0.1) is 0 Å². The van der Waals surface area contributed by atoms with Crippen molar-refractivity contribution in [2.75, 3.05) is 11.1 Å². The van der Waals surface area contributed by atoms with Gasteiger partial charge in [0.25, 0.3) is 0 Å². The number of aromatic hydroxyl groups is 1. The van der Waals surface area contributed by atoms with Crippen molar-refractivity contribution in [2.45, 2.75) is 24.8 Å². The number of carbonyl (C=O) groups excluding carboxylic acids is 1. The van der Waals surface area contributed by atoms with Gasteiger partial charge in [-0.05, 0) is 42.8 Å². The molecule has 0 bridgehead atoms. The predicted molar refractivity (Wildman–Crippen MR) is 103 cm³/mol. The summed E-state index contributed by atoms with van der Waals surface area (Å²) in [6.07, 6.45) is 0. The van der Waals surface area contributed by atoms with Crippen molar-refractivity contribution in [3.8, 4) is 5.75 Å². The Balaban J connectivity index is 2.16. The second kappa shape index (κ2) is 8.16. The highest BCUT2D eigenvalue weighted by atomic mass is 35.5. The van der Waals surface area contributed by atoms with Crippen LogP contribution in [0.5, 0.6) is 5.75 Å². The Bertz CT molecular complexity index is 932. The number of hydrogen-bond acceptors (Lipinski definition) is 4. The van der Waals surface area contributed by atoms with E-state index < -0.39 is 21.9 Å². The maximum absolute atomic E-state index is 12.2. The highest BCUT2D eigenvalue weighted by molar-refractivity contribution is 7.91. The van der Waals surface area contributed by atoms with Crippen molar-refractivity contribution < 1.29 is 18.3 Å². The molecule has 2 aromatic rings. The summed E-state index contributed by atoms with van der Waals surface area (Å²) in [5.41, 5.74) is 0.657. The molecular weight excluding hydrogens is 399 g/mol. The zero-order valence-electron chi connectivity index (χ0n) is 14.1. The Hall–Kier alpha value is -1.96. The summed E-state index contributed by atoms with van der Waals surface area (Å²) < 4.78 is 23.9. The van der Waals surface area contributed by atoms with E-state index in [1.807, 2.05) is 0 Å². The van der Waals surface area contributed by atoms with Gasteiger partial charge in [-0.3, -0.25) is 0 Å². The third-order valence-corrected chi connectivity index (χ3v) is 6.03. The predicted octanol–water partition coefficient (Wildman–Crippen LogP) is 4.38. The number of phenols is 1. The van der Waals surface area contributed by atoms with Crippen molar-refractivity contribution in [2.24, 2.45) is 0 Å². The van der Waals surface area contributed by atoms with Gasteiger partial charge >= 0.3 is 6.03 Å². The van der Waals surface area contributed by atoms with Crippen LogP contribution >= 0.6 is 23.2 Å². The molecule has 0 radical (unpaired) electrons. The maximum atomic E-state index is 12.2. The molecule has 2 rings (SSSR count). The molecule has 6 nitrogen and oxygen atoms in total. The zero-order valence-corrected chi connectivity index (χ0v) is 16.4. The van der Waals surface area contributed by atoms with Crippen molar-refractivity contribution in [3.05, 3.63) is 52.0 Å². The number of sulfone groups is 1. The van der Waals surface area contributed by atoms with E-state index in [9.17, 15) is 18.3 Å². The van der Waals surface area contributed by atoms with Crippen molar-refractivity contribution in [3.63, 3.8) is 0 Å². The minimum absolute atomic E-state index is 0.00794. The average molecular weight is 417 g/mol. The lowest BCUT2D eigenvalue weighted by molar-refractivity contribution is 0.249. The lowest BCUT2D eigenvalue weighted by Crippen LogP contribution is -2.31. The van der Waals surface area contributed by atoms with Crippen molar-refractivity contribution in [1.82, 2.24) is 5.32 Å². The van der Waals surface area contributed by atoms with Crippen LogP contribution in [-0.4, -0.2) is 25.3 Å². The first-order valence-corrected chi connectivity index (χ1v) is 10.1. The summed E-state index contributed by atoms with van der Waals surface area (Å²) in [5, 5.41) is 15.9. The Morgan fingerprint density at radius 2 is 1.88 bits per heavy atom. The molecule has 0 saturated heterocycles. The van der Waals surface area contributed by atoms with Crippen LogP contribution < -0.4 is 10.6 Å². The van der Waals surface area contributed by atoms with Crippen LogP contribution in [0.3, 0.4) is 0 Å². The highest BCUT2D eigenvalue weighted by Gasteiger charge is 2.17. The molecule has 26 heavy (non-hydrogen) atoms. The zero-order chi connectivity index (χ0) is 19.5. The molecule has 1 atom stereocenters. The number of benzene rings is 2. The van der Waals surface area contributed by atoms with Gasteiger partial charge in [0.2, 0.25) is 0 Å². The average Bonchev–Trinajstić information content (AvgIpc) is 2.56. The van der Waals surface area contributed by atoms with Crippen LogP contribution in [0.15, 0.2) is 41.3 Å². The smallest absolute Gasteiger partial charge is 0.319 e. The first-order valence-electron chi connectivity index (χ1n) is 7.72. The Morgan fingerprint density at radius 3 is 2.50 bits per heavy atom. The van der Waals surface area contributed by atoms with E-state index in [1.165, 1.54) is 25.1 Å². The quantitative estimate of drug-likeness (QED) is 0.630. The van der Waals surface area contributed by atoms with Gasteiger partial charge in [0, 0.05) is 10.0 Å². The number of nitrogens with one attached hydrogen (secondary N) is 2. The fourth-order valence-corrected chi connectivity index (χ4v) is 3.74. The SMILES string of the molecule is CCS(=O)(=O)c1ccc(O)c(NC(=O)N[C@@H](C)c2ccc(Cl)cc2Cl)c1. The molecule has 0 saturated carbocycles. The minimum Gasteiger partial charge on any atom is -0.506 e. The summed E-state index contributed by atoms with van der Waals surface area (Å²) in [6.45, 7) is 3.24. The Kier molecular flexibility index (Phi) is 6.39. The lowest BCUT2D eigenvalue weighted by atomic mass is 10.1. The molecule has 9 heteroatoms. The monoisotopic (exact) mass is 416 g/mol. The molecular formula is C17H18Cl2N2O4S. The second-order valence-electron chi connectivity index (χ2n) is 5.57. The van der Waals surface area contributed by atoms with Gasteiger partial charge in [0.05, 0.1) is 22.4 Å². The fourth-order valence-electron chi connectivity index (χ4n) is 2.26. The first-order chi connectivity index (χ1) is 12.1. The van der Waals surface area contributed by atoms with E-state index in [0.717, 1.165) is 0 Å². The van der Waals surface area contributed by atoms with Gasteiger partial charge < -0.3 is 15.7 Å². The van der Waals surface area contributed by atoms with E-state index in [0.29, 0.717) is 15.6 Å². The van der Waals surface area contributed by atoms with Crippen LogP contribution in [0.4, 0.5) is 10.5 Å². The molecule has 0 aliphatic rings. The van der Waals surface area contributed by atoms with Gasteiger partial charge in [-0.2, -0.15) is 0 Å². The second-order valence-corrected chi connectivity index (χ2v) is 8.69. The third kappa shape index (κ3) is 4.81. The molecule has 140 valence electrons. The molecule has 2 aromatic carbocycles. The summed E-state index contributed by atoms with van der Waals surface area (Å²) in [4.78, 5) is 12.2. The summed E-state index contributed by atoms with van der Waals surface area (Å²) in [5.74, 6) is -0.331. The number of rotatable bonds is 5. The summed E-state index contributed by atoms with van der Waals surface area (Å²) in [6, 6.07) is 7.58. The number of amides is 2. The summed E-state index contributed by atoms with van der Waals surface area (Å²) in [7, 11) is -3.46. The molecule has 3 N–H and O–H groups in total. The van der Waals surface area contributed by atoms with Gasteiger partial charge in [0.1, 0.15) is 5.75 Å². The number of halogens is 2. The van der Waals surface area contributed by atoms with E-state index in [4.69, 9.17) is 23.2 Å². The van der Waals surface area contributed by atoms with Crippen LogP contribution in [0, 0.1) is 0 Å². The molecule has 0 fully saturated rings. The molecule has 0 aliphatic heterocycles. The number of carbonyl (C=O) groups is 1. The molecule has 0 unspecified atom stereocenters. The topological polar surface area (TPSA) is 95.5 Å². The normalized spacial score (nSPS) is 12.5. The maximum Gasteiger partial charge on any atom is 0.319 e. The molecule has 2 amide bonds. The first kappa shape index (κ1) is 20.4. The van der Waals surface area contributed by atoms with Crippen LogP contribution in [0.1, 0.15) is 25.5 Å². The standard InChI is InChI=1S/C17H18Cl2N2O4S/c1-3-26(24,25)12-5-7-16(22)15(9-12)21-17(23)20-10(2)13-6-4-11(18)8-14(13)19/h4-10,22H,3H2,1-2H3,(H2,20,21,23)/t10-/m0/s1. The molecule has 0 heterocycles. The van der Waals surface area contributed by atoms with Crippen LogP contribution in [0.2, 0.25) is 10.0 Å². The lowest BCUT2D eigenvalue weighted by Gasteiger charge is -2.17. The Labute approximate surface area is 162 Å². The van der Waals surface area contributed by atoms with E-state index >= 15 is 0 Å². The highest BCUT2D eigenvalue weighted by Crippen LogP contribution is 2.28. The number of urea groups is 1. The molecule has 0 aromatic heterocycles. The van der Waals surface area contributed by atoms with E-state index in [-0.39, 0.29) is 22.1 Å². The minimum atomic E-state index is -3.46. The van der Waals surface area contributed by atoms with Gasteiger partial charge in [0.15, 0.2) is 9.84 Å². The van der Waals surface area contributed by atoms with Crippen LogP contribution in [-0.2, 0) is 9.84 Å². The molecule has 0 spiro atoms. The van der Waals surface area contributed by atoms with E-state index in [1.54, 1.807) is 25.1 Å². The number of phenolic OH excluding ortho intramolecular Hbond substituents is 1. The van der Waals surface area contributed by atoms with Gasteiger partial charge in [-0.25, -0.2) is 13.2 Å². The number of hydrogen-bond donors (Lipinski definition) is 3. The third-order valence-electron chi connectivity index (χ3n) is 3.73. The Morgan fingerprint density at radius 1 is 1.19 bits per heavy atom.